The Hall–Kier alpha value is -4.59. The van der Waals surface area contributed by atoms with E-state index in [1.807, 2.05) is 48.5 Å². The first kappa shape index (κ1) is 25.1. The molecule has 0 aliphatic heterocycles. The van der Waals surface area contributed by atoms with Crippen LogP contribution in [0.25, 0.3) is 22.3 Å². The average Bonchev–Trinajstić information content (AvgIpc) is 3.24. The Bertz CT molecular complexity index is 1450. The van der Waals surface area contributed by atoms with E-state index in [4.69, 9.17) is 4.74 Å². The third-order valence-corrected chi connectivity index (χ3v) is 6.64. The SMILES string of the molecule is O=C(N[C@@H](Cc1ccc(-c2cc(F)c(F)c(F)c2)cc1)C(=O)O)OCC1c2ccccc2-c2ccccc21. The first-order valence-electron chi connectivity index (χ1n) is 11.9. The molecule has 0 bridgehead atoms. The number of ether oxygens (including phenoxy) is 1. The fourth-order valence-corrected chi connectivity index (χ4v) is 4.77. The van der Waals surface area contributed by atoms with Crippen LogP contribution in [0.2, 0.25) is 0 Å². The van der Waals surface area contributed by atoms with Gasteiger partial charge < -0.3 is 15.2 Å². The summed E-state index contributed by atoms with van der Waals surface area (Å²) < 4.78 is 45.8. The van der Waals surface area contributed by atoms with E-state index in [0.717, 1.165) is 34.4 Å². The maximum atomic E-state index is 13.6. The van der Waals surface area contributed by atoms with Crippen molar-refractivity contribution in [3.63, 3.8) is 0 Å². The van der Waals surface area contributed by atoms with Crippen LogP contribution >= 0.6 is 0 Å². The van der Waals surface area contributed by atoms with Crippen LogP contribution in [0, 0.1) is 17.5 Å². The van der Waals surface area contributed by atoms with E-state index < -0.39 is 35.6 Å². The third-order valence-electron chi connectivity index (χ3n) is 6.64. The topological polar surface area (TPSA) is 75.6 Å². The Morgan fingerprint density at radius 3 is 1.92 bits per heavy atom. The lowest BCUT2D eigenvalue weighted by Crippen LogP contribution is -2.42. The summed E-state index contributed by atoms with van der Waals surface area (Å²) in [7, 11) is 0. The standard InChI is InChI=1S/C30H22F3NO4/c31-25-14-19(15-26(32)28(25)33)18-11-9-17(10-12-18)13-27(29(35)36)34-30(37)38-16-24-22-7-3-1-5-20(22)21-6-2-4-8-23(21)24/h1-12,14-15,24,27H,13,16H2,(H,34,37)(H,35,36)/t27-/m0/s1. The number of benzene rings is 4. The van der Waals surface area contributed by atoms with Gasteiger partial charge in [0, 0.05) is 12.3 Å². The van der Waals surface area contributed by atoms with Gasteiger partial charge in [-0.25, -0.2) is 22.8 Å². The van der Waals surface area contributed by atoms with E-state index in [1.165, 1.54) is 12.1 Å². The van der Waals surface area contributed by atoms with Crippen LogP contribution in [0.5, 0.6) is 0 Å². The Labute approximate surface area is 216 Å². The van der Waals surface area contributed by atoms with Crippen LogP contribution in [0.15, 0.2) is 84.9 Å². The number of carboxylic acid groups (broad SMARTS) is 1. The van der Waals surface area contributed by atoms with E-state index in [9.17, 15) is 27.9 Å². The lowest BCUT2D eigenvalue weighted by molar-refractivity contribution is -0.139. The lowest BCUT2D eigenvalue weighted by Gasteiger charge is -2.17. The van der Waals surface area contributed by atoms with Gasteiger partial charge in [0.15, 0.2) is 17.5 Å². The molecule has 0 heterocycles. The van der Waals surface area contributed by atoms with Gasteiger partial charge in [-0.3, -0.25) is 0 Å². The first-order chi connectivity index (χ1) is 18.3. The number of halogens is 3. The summed E-state index contributed by atoms with van der Waals surface area (Å²) in [5, 5.41) is 12.1. The van der Waals surface area contributed by atoms with Crippen LogP contribution in [0.3, 0.4) is 0 Å². The molecule has 0 spiro atoms. The zero-order valence-electron chi connectivity index (χ0n) is 20.0. The number of fused-ring (bicyclic) bond motifs is 3. The van der Waals surface area contributed by atoms with Crippen LogP contribution < -0.4 is 5.32 Å². The minimum Gasteiger partial charge on any atom is -0.480 e. The molecule has 5 rings (SSSR count). The second-order valence-electron chi connectivity index (χ2n) is 9.02. The van der Waals surface area contributed by atoms with E-state index in [-0.39, 0.29) is 24.5 Å². The Balaban J connectivity index is 1.23. The normalized spacial score (nSPS) is 12.9. The van der Waals surface area contributed by atoms with Crippen LogP contribution in [-0.4, -0.2) is 29.8 Å². The Morgan fingerprint density at radius 1 is 0.816 bits per heavy atom. The van der Waals surface area contributed by atoms with E-state index in [1.54, 1.807) is 12.1 Å². The second kappa shape index (κ2) is 10.4. The number of rotatable bonds is 7. The van der Waals surface area contributed by atoms with Gasteiger partial charge in [-0.15, -0.1) is 0 Å². The fourth-order valence-electron chi connectivity index (χ4n) is 4.77. The molecule has 2 N–H and O–H groups in total. The largest absolute Gasteiger partial charge is 0.480 e. The summed E-state index contributed by atoms with van der Waals surface area (Å²) >= 11 is 0. The molecule has 0 saturated heterocycles. The highest BCUT2D eigenvalue weighted by Crippen LogP contribution is 2.44. The maximum absolute atomic E-state index is 13.6. The van der Waals surface area contributed by atoms with Crippen molar-refractivity contribution in [1.29, 1.82) is 0 Å². The van der Waals surface area contributed by atoms with Gasteiger partial charge in [0.2, 0.25) is 0 Å². The Kier molecular flexibility index (Phi) is 6.87. The summed E-state index contributed by atoms with van der Waals surface area (Å²) in [6.07, 6.45) is -0.903. The fraction of sp³-hybridized carbons (Fsp3) is 0.133. The maximum Gasteiger partial charge on any atom is 0.407 e. The number of amides is 1. The molecule has 0 aromatic heterocycles. The van der Waals surface area contributed by atoms with Gasteiger partial charge in [-0.05, 0) is 51.1 Å². The number of aliphatic carboxylic acids is 1. The molecule has 1 aliphatic rings. The molecule has 5 nitrogen and oxygen atoms in total. The van der Waals surface area contributed by atoms with E-state index in [2.05, 4.69) is 5.32 Å². The van der Waals surface area contributed by atoms with Crippen molar-refractivity contribution >= 4 is 12.1 Å². The number of carbonyl (C=O) groups is 2. The van der Waals surface area contributed by atoms with Crippen molar-refractivity contribution in [2.45, 2.75) is 18.4 Å². The highest BCUT2D eigenvalue weighted by molar-refractivity contribution is 5.81. The number of hydrogen-bond acceptors (Lipinski definition) is 3. The molecule has 38 heavy (non-hydrogen) atoms. The van der Waals surface area contributed by atoms with Gasteiger partial charge in [0.25, 0.3) is 0 Å². The quantitative estimate of drug-likeness (QED) is 0.282. The second-order valence-corrected chi connectivity index (χ2v) is 9.02. The number of hydrogen-bond donors (Lipinski definition) is 2. The van der Waals surface area contributed by atoms with E-state index in [0.29, 0.717) is 11.1 Å². The van der Waals surface area contributed by atoms with Gasteiger partial charge >= 0.3 is 12.1 Å². The first-order valence-corrected chi connectivity index (χ1v) is 11.9. The highest BCUT2D eigenvalue weighted by atomic mass is 19.2. The van der Waals surface area contributed by atoms with Gasteiger partial charge in [-0.1, -0.05) is 72.8 Å². The van der Waals surface area contributed by atoms with Crippen molar-refractivity contribution in [1.82, 2.24) is 5.32 Å². The van der Waals surface area contributed by atoms with Crippen molar-refractivity contribution in [2.24, 2.45) is 0 Å². The Morgan fingerprint density at radius 2 is 1.37 bits per heavy atom. The van der Waals surface area contributed by atoms with Crippen molar-refractivity contribution in [2.75, 3.05) is 6.61 Å². The zero-order chi connectivity index (χ0) is 26.8. The summed E-state index contributed by atoms with van der Waals surface area (Å²) in [5.74, 6) is -5.56. The zero-order valence-corrected chi connectivity index (χ0v) is 20.0. The van der Waals surface area contributed by atoms with Gasteiger partial charge in [-0.2, -0.15) is 0 Å². The van der Waals surface area contributed by atoms with Crippen LogP contribution in [-0.2, 0) is 16.0 Å². The third kappa shape index (κ3) is 4.98. The molecular weight excluding hydrogens is 495 g/mol. The van der Waals surface area contributed by atoms with Crippen molar-refractivity contribution in [3.8, 4) is 22.3 Å². The molecule has 0 saturated carbocycles. The average molecular weight is 518 g/mol. The molecule has 0 fully saturated rings. The molecule has 1 atom stereocenters. The molecule has 0 radical (unpaired) electrons. The minimum absolute atomic E-state index is 0.0473. The molecule has 8 heteroatoms. The monoisotopic (exact) mass is 517 g/mol. The summed E-state index contributed by atoms with van der Waals surface area (Å²) in [5.41, 5.74) is 5.35. The van der Waals surface area contributed by atoms with Crippen LogP contribution in [0.4, 0.5) is 18.0 Å². The number of carboxylic acids is 1. The molecule has 1 amide bonds. The predicted octanol–water partition coefficient (Wildman–Crippen LogP) is 6.31. The molecule has 4 aromatic rings. The highest BCUT2D eigenvalue weighted by Gasteiger charge is 2.29. The number of alkyl carbamates (subject to hydrolysis) is 1. The molecule has 0 unspecified atom stereocenters. The van der Waals surface area contributed by atoms with Crippen molar-refractivity contribution in [3.05, 3.63) is 119 Å². The summed E-state index contributed by atoms with van der Waals surface area (Å²) in [6.45, 7) is 0.0473. The van der Waals surface area contributed by atoms with Crippen LogP contribution in [0.1, 0.15) is 22.6 Å². The van der Waals surface area contributed by atoms with Crippen molar-refractivity contribution < 1.29 is 32.6 Å². The minimum atomic E-state index is -1.55. The molecule has 192 valence electrons. The molecule has 1 aliphatic carbocycles. The lowest BCUT2D eigenvalue weighted by atomic mass is 9.98. The van der Waals surface area contributed by atoms with Gasteiger partial charge in [0.1, 0.15) is 12.6 Å². The molecular formula is C30H22F3NO4. The predicted molar refractivity (Wildman–Crippen MR) is 135 cm³/mol. The summed E-state index contributed by atoms with van der Waals surface area (Å²) in [4.78, 5) is 24.4. The molecule has 4 aromatic carbocycles. The smallest absolute Gasteiger partial charge is 0.407 e. The van der Waals surface area contributed by atoms with E-state index >= 15 is 0 Å². The summed E-state index contributed by atoms with van der Waals surface area (Å²) in [6, 6.07) is 22.5. The number of nitrogens with one attached hydrogen (secondary N) is 1. The number of carbonyl (C=O) groups excluding carboxylic acids is 1. The van der Waals surface area contributed by atoms with Gasteiger partial charge in [0.05, 0.1) is 0 Å².